The molecule has 3 heteroatoms. The molecule has 0 spiro atoms. The third-order valence-corrected chi connectivity index (χ3v) is 5.16. The second kappa shape index (κ2) is 7.65. The predicted molar refractivity (Wildman–Crippen MR) is 77.8 cm³/mol. The van der Waals surface area contributed by atoms with Gasteiger partial charge in [-0.3, -0.25) is 0 Å². The molecule has 0 amide bonds. The summed E-state index contributed by atoms with van der Waals surface area (Å²) in [7, 11) is 0. The summed E-state index contributed by atoms with van der Waals surface area (Å²) in [4.78, 5) is 2.80. The molecule has 2 saturated heterocycles. The van der Waals surface area contributed by atoms with Crippen LogP contribution in [0.25, 0.3) is 0 Å². The van der Waals surface area contributed by atoms with Crippen LogP contribution in [-0.2, 0) is 0 Å². The molecule has 0 aromatic rings. The van der Waals surface area contributed by atoms with Gasteiger partial charge in [-0.15, -0.1) is 0 Å². The lowest BCUT2D eigenvalue weighted by atomic mass is 9.97. The van der Waals surface area contributed by atoms with E-state index in [9.17, 15) is 0 Å². The number of nitrogens with zero attached hydrogens (tertiary/aromatic N) is 1. The van der Waals surface area contributed by atoms with Crippen molar-refractivity contribution in [2.24, 2.45) is 5.92 Å². The van der Waals surface area contributed by atoms with E-state index in [-0.39, 0.29) is 0 Å². The number of nitrogens with one attached hydrogen (secondary N) is 1. The highest BCUT2D eigenvalue weighted by Gasteiger charge is 2.24. The molecule has 2 nitrogen and oxygen atoms in total. The Morgan fingerprint density at radius 3 is 2.71 bits per heavy atom. The van der Waals surface area contributed by atoms with Crippen molar-refractivity contribution in [3.05, 3.63) is 0 Å². The van der Waals surface area contributed by atoms with Crippen molar-refractivity contribution in [2.75, 3.05) is 37.7 Å². The van der Waals surface area contributed by atoms with Crippen molar-refractivity contribution in [1.29, 1.82) is 0 Å². The fraction of sp³-hybridized carbons (Fsp3) is 1.00. The van der Waals surface area contributed by atoms with Crippen molar-refractivity contribution in [3.63, 3.8) is 0 Å². The molecule has 2 aliphatic heterocycles. The van der Waals surface area contributed by atoms with Gasteiger partial charge in [0.25, 0.3) is 0 Å². The van der Waals surface area contributed by atoms with Gasteiger partial charge in [0.05, 0.1) is 0 Å². The van der Waals surface area contributed by atoms with Gasteiger partial charge in [0.15, 0.2) is 0 Å². The van der Waals surface area contributed by atoms with Crippen molar-refractivity contribution >= 4 is 11.8 Å². The van der Waals surface area contributed by atoms with E-state index in [1.165, 1.54) is 69.8 Å². The molecular weight excluding hydrogens is 228 g/mol. The first kappa shape index (κ1) is 13.7. The second-order valence-corrected chi connectivity index (χ2v) is 6.78. The van der Waals surface area contributed by atoms with Crippen LogP contribution in [0.4, 0.5) is 0 Å². The standard InChI is InChI=1S/C14H28N2S/c1-2-8-16(14-5-9-17-10-6-14)12-13-4-3-7-15-11-13/h13-15H,2-12H2,1H3. The number of hydrogen-bond acceptors (Lipinski definition) is 3. The molecule has 100 valence electrons. The van der Waals surface area contributed by atoms with Crippen LogP contribution in [0.2, 0.25) is 0 Å². The summed E-state index contributed by atoms with van der Waals surface area (Å²) in [5.74, 6) is 3.67. The first-order chi connectivity index (χ1) is 8.40. The van der Waals surface area contributed by atoms with Crippen molar-refractivity contribution < 1.29 is 0 Å². The lowest BCUT2D eigenvalue weighted by Gasteiger charge is -2.37. The Kier molecular flexibility index (Phi) is 6.16. The minimum Gasteiger partial charge on any atom is -0.316 e. The van der Waals surface area contributed by atoms with Gasteiger partial charge < -0.3 is 10.2 Å². The Morgan fingerprint density at radius 2 is 2.06 bits per heavy atom. The van der Waals surface area contributed by atoms with Crippen LogP contribution < -0.4 is 5.32 Å². The maximum absolute atomic E-state index is 3.55. The molecule has 0 aromatic heterocycles. The van der Waals surface area contributed by atoms with Crippen molar-refractivity contribution in [1.82, 2.24) is 10.2 Å². The Hall–Kier alpha value is 0.270. The molecule has 0 bridgehead atoms. The largest absolute Gasteiger partial charge is 0.316 e. The molecule has 17 heavy (non-hydrogen) atoms. The third kappa shape index (κ3) is 4.46. The number of rotatable bonds is 5. The molecule has 2 fully saturated rings. The van der Waals surface area contributed by atoms with Gasteiger partial charge in [-0.2, -0.15) is 11.8 Å². The summed E-state index contributed by atoms with van der Waals surface area (Å²) in [5, 5.41) is 3.55. The Labute approximate surface area is 111 Å². The maximum atomic E-state index is 3.55. The molecule has 1 atom stereocenters. The van der Waals surface area contributed by atoms with E-state index in [1.54, 1.807) is 0 Å². The van der Waals surface area contributed by atoms with E-state index < -0.39 is 0 Å². The van der Waals surface area contributed by atoms with Crippen LogP contribution in [0, 0.1) is 5.92 Å². The van der Waals surface area contributed by atoms with E-state index in [4.69, 9.17) is 0 Å². The summed E-state index contributed by atoms with van der Waals surface area (Å²) in [6, 6.07) is 0.887. The molecule has 0 saturated carbocycles. The lowest BCUT2D eigenvalue weighted by Crippen LogP contribution is -2.44. The maximum Gasteiger partial charge on any atom is 0.0111 e. The van der Waals surface area contributed by atoms with E-state index in [1.807, 2.05) is 0 Å². The van der Waals surface area contributed by atoms with Gasteiger partial charge >= 0.3 is 0 Å². The van der Waals surface area contributed by atoms with Gasteiger partial charge in [0, 0.05) is 12.6 Å². The topological polar surface area (TPSA) is 15.3 Å². The molecule has 2 aliphatic rings. The number of piperidine rings is 1. The van der Waals surface area contributed by atoms with Crippen LogP contribution >= 0.6 is 11.8 Å². The van der Waals surface area contributed by atoms with Gasteiger partial charge in [-0.25, -0.2) is 0 Å². The molecule has 0 radical (unpaired) electrons. The Bertz CT molecular complexity index is 198. The first-order valence-electron chi connectivity index (χ1n) is 7.42. The second-order valence-electron chi connectivity index (χ2n) is 5.55. The van der Waals surface area contributed by atoms with Crippen LogP contribution in [0.15, 0.2) is 0 Å². The average Bonchev–Trinajstić information content (AvgIpc) is 2.40. The fourth-order valence-electron chi connectivity index (χ4n) is 3.17. The highest BCUT2D eigenvalue weighted by atomic mass is 32.2. The molecule has 0 aliphatic carbocycles. The highest BCUT2D eigenvalue weighted by Crippen LogP contribution is 2.23. The average molecular weight is 256 g/mol. The third-order valence-electron chi connectivity index (χ3n) is 4.11. The zero-order valence-corrected chi connectivity index (χ0v) is 12.1. The van der Waals surface area contributed by atoms with Crippen molar-refractivity contribution in [2.45, 2.75) is 45.1 Å². The Balaban J connectivity index is 1.81. The molecule has 1 N–H and O–H groups in total. The zero-order chi connectivity index (χ0) is 11.9. The van der Waals surface area contributed by atoms with Crippen LogP contribution in [-0.4, -0.2) is 48.6 Å². The summed E-state index contributed by atoms with van der Waals surface area (Å²) >= 11 is 2.14. The molecule has 2 rings (SSSR count). The first-order valence-corrected chi connectivity index (χ1v) is 8.58. The van der Waals surface area contributed by atoms with Crippen molar-refractivity contribution in [3.8, 4) is 0 Å². The highest BCUT2D eigenvalue weighted by molar-refractivity contribution is 7.99. The smallest absolute Gasteiger partial charge is 0.0111 e. The SMILES string of the molecule is CCCN(CC1CCCNC1)C1CCSCC1. The molecule has 0 aromatic carbocycles. The summed E-state index contributed by atoms with van der Waals surface area (Å²) < 4.78 is 0. The fourth-order valence-corrected chi connectivity index (χ4v) is 4.25. The number of hydrogen-bond donors (Lipinski definition) is 1. The summed E-state index contributed by atoms with van der Waals surface area (Å²) in [6.45, 7) is 7.47. The van der Waals surface area contributed by atoms with Crippen LogP contribution in [0.5, 0.6) is 0 Å². The van der Waals surface area contributed by atoms with E-state index in [0.717, 1.165) is 12.0 Å². The van der Waals surface area contributed by atoms with Gasteiger partial charge in [-0.05, 0) is 69.2 Å². The van der Waals surface area contributed by atoms with Crippen LogP contribution in [0.1, 0.15) is 39.0 Å². The van der Waals surface area contributed by atoms with E-state index in [2.05, 4.69) is 28.9 Å². The summed E-state index contributed by atoms with van der Waals surface area (Å²) in [5.41, 5.74) is 0. The van der Waals surface area contributed by atoms with Gasteiger partial charge in [0.2, 0.25) is 0 Å². The lowest BCUT2D eigenvalue weighted by molar-refractivity contribution is 0.145. The Morgan fingerprint density at radius 1 is 1.24 bits per heavy atom. The number of thioether (sulfide) groups is 1. The zero-order valence-electron chi connectivity index (χ0n) is 11.3. The minimum atomic E-state index is 0.887. The van der Waals surface area contributed by atoms with E-state index in [0.29, 0.717) is 0 Å². The van der Waals surface area contributed by atoms with Gasteiger partial charge in [-0.1, -0.05) is 6.92 Å². The monoisotopic (exact) mass is 256 g/mol. The minimum absolute atomic E-state index is 0.887. The molecule has 1 unspecified atom stereocenters. The molecule has 2 heterocycles. The van der Waals surface area contributed by atoms with Crippen LogP contribution in [0.3, 0.4) is 0 Å². The predicted octanol–water partition coefficient (Wildman–Crippen LogP) is 2.59. The normalized spacial score (nSPS) is 27.5. The quantitative estimate of drug-likeness (QED) is 0.814. The molecular formula is C14H28N2S. The summed E-state index contributed by atoms with van der Waals surface area (Å²) in [6.07, 6.45) is 6.97. The van der Waals surface area contributed by atoms with E-state index >= 15 is 0 Å². The van der Waals surface area contributed by atoms with Gasteiger partial charge in [0.1, 0.15) is 0 Å².